The van der Waals surface area contributed by atoms with Crippen molar-refractivity contribution >= 4 is 34.2 Å². The van der Waals surface area contributed by atoms with Gasteiger partial charge >= 0.3 is 0 Å². The van der Waals surface area contributed by atoms with Crippen LogP contribution >= 0.6 is 12.2 Å². The van der Waals surface area contributed by atoms with E-state index in [4.69, 9.17) is 12.2 Å². The van der Waals surface area contributed by atoms with Crippen LogP contribution in [0.5, 0.6) is 0 Å². The zero-order valence-electron chi connectivity index (χ0n) is 11.5. The quantitative estimate of drug-likeness (QED) is 0.727. The van der Waals surface area contributed by atoms with Crippen LogP contribution in [0.3, 0.4) is 0 Å². The van der Waals surface area contributed by atoms with Crippen LogP contribution in [0.25, 0.3) is 21.9 Å². The van der Waals surface area contributed by atoms with Crippen LogP contribution < -0.4 is 0 Å². The van der Waals surface area contributed by atoms with E-state index < -0.39 is 0 Å². The topological polar surface area (TPSA) is 33.6 Å². The number of nitrogens with zero attached hydrogens (tertiary/aromatic N) is 2. The molecule has 20 heavy (non-hydrogen) atoms. The number of fused-ring (bicyclic) bond motifs is 3. The highest BCUT2D eigenvalue weighted by molar-refractivity contribution is 7.71. The van der Waals surface area contributed by atoms with Crippen LogP contribution in [0.1, 0.15) is 19.8 Å². The summed E-state index contributed by atoms with van der Waals surface area (Å²) < 4.78 is 3.07. The van der Waals surface area contributed by atoms with Gasteiger partial charge in [0.15, 0.2) is 4.77 Å². The minimum absolute atomic E-state index is 0.688. The third kappa shape index (κ3) is 1.86. The Morgan fingerprint density at radius 1 is 1.40 bits per heavy atom. The van der Waals surface area contributed by atoms with E-state index in [0.717, 1.165) is 28.3 Å². The van der Waals surface area contributed by atoms with Crippen molar-refractivity contribution in [3.05, 3.63) is 35.2 Å². The Labute approximate surface area is 122 Å². The van der Waals surface area contributed by atoms with Crippen LogP contribution in [0.15, 0.2) is 30.5 Å². The SMILES string of the molecule is CC(Cn1c(=S)[nH]c2cnc3ccccc3c21)C1CC1. The zero-order valence-corrected chi connectivity index (χ0v) is 12.3. The second-order valence-corrected chi connectivity index (χ2v) is 6.28. The van der Waals surface area contributed by atoms with Crippen LogP contribution in [0.4, 0.5) is 0 Å². The summed E-state index contributed by atoms with van der Waals surface area (Å²) in [5, 5.41) is 1.18. The molecule has 102 valence electrons. The van der Waals surface area contributed by atoms with E-state index in [9.17, 15) is 0 Å². The number of hydrogen-bond acceptors (Lipinski definition) is 2. The Morgan fingerprint density at radius 2 is 2.20 bits per heavy atom. The first-order valence-electron chi connectivity index (χ1n) is 7.20. The van der Waals surface area contributed by atoms with Gasteiger partial charge in [-0.3, -0.25) is 4.98 Å². The van der Waals surface area contributed by atoms with E-state index in [0.29, 0.717) is 5.92 Å². The number of aromatic nitrogens is 3. The number of imidazole rings is 1. The second-order valence-electron chi connectivity index (χ2n) is 5.89. The molecule has 0 radical (unpaired) electrons. The fraction of sp³-hybridized carbons (Fsp3) is 0.375. The molecule has 3 nitrogen and oxygen atoms in total. The van der Waals surface area contributed by atoms with Crippen molar-refractivity contribution in [2.45, 2.75) is 26.3 Å². The fourth-order valence-electron chi connectivity index (χ4n) is 3.07. The lowest BCUT2D eigenvalue weighted by Gasteiger charge is -2.12. The first-order chi connectivity index (χ1) is 9.74. The summed E-state index contributed by atoms with van der Waals surface area (Å²) in [6.45, 7) is 3.33. The molecule has 1 saturated carbocycles. The average molecular weight is 283 g/mol. The van der Waals surface area contributed by atoms with Gasteiger partial charge in [-0.25, -0.2) is 0 Å². The molecule has 0 saturated heterocycles. The van der Waals surface area contributed by atoms with Gasteiger partial charge in [-0.2, -0.15) is 0 Å². The van der Waals surface area contributed by atoms with Crippen molar-refractivity contribution in [1.82, 2.24) is 14.5 Å². The highest BCUT2D eigenvalue weighted by Crippen LogP contribution is 2.38. The van der Waals surface area contributed by atoms with Crippen LogP contribution in [0, 0.1) is 16.6 Å². The van der Waals surface area contributed by atoms with E-state index in [2.05, 4.69) is 39.7 Å². The lowest BCUT2D eigenvalue weighted by molar-refractivity contribution is 0.434. The summed E-state index contributed by atoms with van der Waals surface area (Å²) in [5.74, 6) is 1.57. The summed E-state index contributed by atoms with van der Waals surface area (Å²) in [4.78, 5) is 7.80. The lowest BCUT2D eigenvalue weighted by atomic mass is 10.1. The molecule has 3 aromatic rings. The first-order valence-corrected chi connectivity index (χ1v) is 7.61. The maximum absolute atomic E-state index is 5.52. The first kappa shape index (κ1) is 12.1. The minimum atomic E-state index is 0.688. The largest absolute Gasteiger partial charge is 0.329 e. The molecule has 0 bridgehead atoms. The molecule has 1 unspecified atom stereocenters. The third-order valence-corrected chi connectivity index (χ3v) is 4.72. The molecule has 2 aromatic heterocycles. The highest BCUT2D eigenvalue weighted by Gasteiger charge is 2.28. The molecule has 1 aliphatic rings. The molecule has 1 atom stereocenters. The number of rotatable bonds is 3. The van der Waals surface area contributed by atoms with Crippen molar-refractivity contribution in [1.29, 1.82) is 0 Å². The third-order valence-electron chi connectivity index (χ3n) is 4.40. The molecule has 1 aliphatic carbocycles. The van der Waals surface area contributed by atoms with Crippen LogP contribution in [-0.4, -0.2) is 14.5 Å². The van der Waals surface area contributed by atoms with E-state index >= 15 is 0 Å². The molecule has 1 fully saturated rings. The molecule has 4 rings (SSSR count). The maximum Gasteiger partial charge on any atom is 0.178 e. The molecule has 1 N–H and O–H groups in total. The van der Waals surface area contributed by atoms with Gasteiger partial charge in [0.2, 0.25) is 0 Å². The van der Waals surface area contributed by atoms with Gasteiger partial charge in [0, 0.05) is 11.9 Å². The summed E-state index contributed by atoms with van der Waals surface area (Å²) >= 11 is 5.52. The van der Waals surface area contributed by atoms with Crippen molar-refractivity contribution < 1.29 is 0 Å². The monoisotopic (exact) mass is 283 g/mol. The fourth-order valence-corrected chi connectivity index (χ4v) is 3.35. The van der Waals surface area contributed by atoms with Crippen LogP contribution in [-0.2, 0) is 6.54 Å². The van der Waals surface area contributed by atoms with Gasteiger partial charge in [-0.05, 0) is 43.0 Å². The van der Waals surface area contributed by atoms with Gasteiger partial charge in [0.25, 0.3) is 0 Å². The molecular weight excluding hydrogens is 266 g/mol. The summed E-state index contributed by atoms with van der Waals surface area (Å²) in [5.41, 5.74) is 3.27. The molecule has 1 aromatic carbocycles. The van der Waals surface area contributed by atoms with Crippen molar-refractivity contribution in [3.63, 3.8) is 0 Å². The Morgan fingerprint density at radius 3 is 3.00 bits per heavy atom. The minimum Gasteiger partial charge on any atom is -0.329 e. The van der Waals surface area contributed by atoms with Crippen molar-refractivity contribution in [2.75, 3.05) is 0 Å². The highest BCUT2D eigenvalue weighted by atomic mass is 32.1. The Kier molecular flexibility index (Phi) is 2.67. The molecular formula is C16H17N3S. The lowest BCUT2D eigenvalue weighted by Crippen LogP contribution is -2.09. The Bertz CT molecular complexity index is 842. The van der Waals surface area contributed by atoms with E-state index in [-0.39, 0.29) is 0 Å². The van der Waals surface area contributed by atoms with Crippen molar-refractivity contribution in [2.24, 2.45) is 11.8 Å². The van der Waals surface area contributed by atoms with Gasteiger partial charge in [-0.15, -0.1) is 0 Å². The summed E-state index contributed by atoms with van der Waals surface area (Å²) in [6.07, 6.45) is 4.64. The normalized spacial score (nSPS) is 16.9. The second kappa shape index (κ2) is 4.42. The standard InChI is InChI=1S/C16H17N3S/c1-10(11-6-7-11)9-19-15-12-4-2-3-5-13(12)17-8-14(15)18-16(19)20/h2-5,8,10-11H,6-7,9H2,1H3,(H,18,20). The number of hydrogen-bond donors (Lipinski definition) is 1. The number of para-hydroxylation sites is 1. The molecule has 4 heteroatoms. The summed E-state index contributed by atoms with van der Waals surface area (Å²) in [7, 11) is 0. The van der Waals surface area contributed by atoms with E-state index in [1.165, 1.54) is 23.7 Å². The molecule has 2 heterocycles. The number of H-pyrrole nitrogens is 1. The summed E-state index contributed by atoms with van der Waals surface area (Å²) in [6, 6.07) is 8.28. The van der Waals surface area contributed by atoms with Gasteiger partial charge < -0.3 is 9.55 Å². The predicted molar refractivity (Wildman–Crippen MR) is 84.3 cm³/mol. The molecule has 0 amide bonds. The number of benzene rings is 1. The predicted octanol–water partition coefficient (Wildman–Crippen LogP) is 4.29. The Hall–Kier alpha value is -1.68. The zero-order chi connectivity index (χ0) is 13.7. The van der Waals surface area contributed by atoms with Crippen LogP contribution in [0.2, 0.25) is 0 Å². The maximum atomic E-state index is 5.52. The number of aromatic amines is 1. The van der Waals surface area contributed by atoms with E-state index in [1.807, 2.05) is 12.3 Å². The molecule has 0 aliphatic heterocycles. The Balaban J connectivity index is 1.95. The van der Waals surface area contributed by atoms with Gasteiger partial charge in [0.05, 0.1) is 22.7 Å². The van der Waals surface area contributed by atoms with Gasteiger partial charge in [0.1, 0.15) is 0 Å². The van der Waals surface area contributed by atoms with Crippen molar-refractivity contribution in [3.8, 4) is 0 Å². The van der Waals surface area contributed by atoms with Gasteiger partial charge in [-0.1, -0.05) is 25.1 Å². The average Bonchev–Trinajstić information content (AvgIpc) is 3.25. The molecule has 0 spiro atoms. The number of pyridine rings is 1. The number of nitrogens with one attached hydrogen (secondary N) is 1. The smallest absolute Gasteiger partial charge is 0.178 e. The van der Waals surface area contributed by atoms with E-state index in [1.54, 1.807) is 0 Å².